The van der Waals surface area contributed by atoms with Crippen LogP contribution in [0.1, 0.15) is 216 Å². The molecule has 5 nitrogen and oxygen atoms in total. The number of aryl methyl sites for hydroxylation is 2. The van der Waals surface area contributed by atoms with Crippen molar-refractivity contribution in [3.63, 3.8) is 0 Å². The van der Waals surface area contributed by atoms with Gasteiger partial charge in [0.2, 0.25) is 0 Å². The SMILES string of the molecule is CCCCCCCCCc1cnc(-c2ccc(C(OC(c3ccc(-c4ncc(CCCCCCCCC)cn4)cc3)C3CCC(CC)CC3)C3CCC(CC)CC3)cc2)nc1. The van der Waals surface area contributed by atoms with Crippen LogP contribution in [0.4, 0.5) is 0 Å². The minimum atomic E-state index is 0.0536. The fraction of sp³-hybridized carbons (Fsp3) is 0.643. The second-order valence-electron chi connectivity index (χ2n) is 19.2. The van der Waals surface area contributed by atoms with Crippen LogP contribution in [-0.4, -0.2) is 19.9 Å². The van der Waals surface area contributed by atoms with Gasteiger partial charge >= 0.3 is 0 Å². The quantitative estimate of drug-likeness (QED) is 0.0590. The molecule has 0 radical (unpaired) electrons. The number of unbranched alkanes of at least 4 members (excludes halogenated alkanes) is 12. The van der Waals surface area contributed by atoms with E-state index in [4.69, 9.17) is 24.7 Å². The van der Waals surface area contributed by atoms with Gasteiger partial charge in [-0.1, -0.05) is 192 Å². The van der Waals surface area contributed by atoms with Gasteiger partial charge in [-0.15, -0.1) is 0 Å². The molecule has 0 bridgehead atoms. The topological polar surface area (TPSA) is 60.8 Å². The largest absolute Gasteiger partial charge is 0.365 e. The highest BCUT2D eigenvalue weighted by molar-refractivity contribution is 5.56. The van der Waals surface area contributed by atoms with Gasteiger partial charge in [0.05, 0.1) is 12.2 Å². The van der Waals surface area contributed by atoms with Gasteiger partial charge in [-0.2, -0.15) is 0 Å². The standard InChI is InChI=1S/C56H82N4O/c1-5-9-11-13-15-17-19-21-45-39-57-55(58-40-45)51-35-31-49(32-36-51)53(47-27-23-43(7-3)24-28-47)61-54(48-29-25-44(8-4)26-30-48)50-33-37-52(38-34-50)56-59-41-46(42-60-56)22-20-18-16-14-12-10-6-2/h31-44,47-48,53-54H,5-30H2,1-4H3. The van der Waals surface area contributed by atoms with E-state index < -0.39 is 0 Å². The Bertz CT molecular complexity index is 1610. The predicted molar refractivity (Wildman–Crippen MR) is 256 cm³/mol. The van der Waals surface area contributed by atoms with Crippen molar-refractivity contribution in [1.82, 2.24) is 19.9 Å². The Morgan fingerprint density at radius 3 is 1.08 bits per heavy atom. The summed E-state index contributed by atoms with van der Waals surface area (Å²) < 4.78 is 7.65. The fourth-order valence-corrected chi connectivity index (χ4v) is 10.4. The molecule has 332 valence electrons. The number of hydrogen-bond donors (Lipinski definition) is 0. The minimum Gasteiger partial charge on any atom is -0.365 e. The van der Waals surface area contributed by atoms with Crippen LogP contribution in [0.15, 0.2) is 73.3 Å². The monoisotopic (exact) mass is 827 g/mol. The van der Waals surface area contributed by atoms with Crippen LogP contribution in [0.3, 0.4) is 0 Å². The second kappa shape index (κ2) is 26.2. The van der Waals surface area contributed by atoms with Crippen LogP contribution in [-0.2, 0) is 17.6 Å². The zero-order valence-electron chi connectivity index (χ0n) is 39.0. The average molecular weight is 827 g/mol. The Hall–Kier alpha value is -3.44. The van der Waals surface area contributed by atoms with E-state index in [9.17, 15) is 0 Å². The molecule has 2 saturated carbocycles. The second-order valence-corrected chi connectivity index (χ2v) is 19.2. The van der Waals surface area contributed by atoms with Crippen molar-refractivity contribution in [2.45, 2.75) is 207 Å². The molecule has 4 aromatic rings. The van der Waals surface area contributed by atoms with Gasteiger partial charge in [-0.05, 0) is 97.3 Å². The average Bonchev–Trinajstić information content (AvgIpc) is 3.32. The highest BCUT2D eigenvalue weighted by atomic mass is 16.5. The van der Waals surface area contributed by atoms with Crippen LogP contribution in [0, 0.1) is 23.7 Å². The first-order chi connectivity index (χ1) is 30.1. The van der Waals surface area contributed by atoms with E-state index in [1.807, 2.05) is 24.8 Å². The van der Waals surface area contributed by atoms with Crippen LogP contribution in [0.25, 0.3) is 22.8 Å². The van der Waals surface area contributed by atoms with Crippen molar-refractivity contribution >= 4 is 0 Å². The van der Waals surface area contributed by atoms with Gasteiger partial charge in [0, 0.05) is 35.9 Å². The van der Waals surface area contributed by atoms with E-state index in [0.29, 0.717) is 11.8 Å². The zero-order valence-corrected chi connectivity index (χ0v) is 39.0. The summed E-state index contributed by atoms with van der Waals surface area (Å²) >= 11 is 0. The summed E-state index contributed by atoms with van der Waals surface area (Å²) in [5.74, 6) is 4.33. The molecule has 0 spiro atoms. The summed E-state index contributed by atoms with van der Waals surface area (Å²) in [6, 6.07) is 18.3. The maximum Gasteiger partial charge on any atom is 0.159 e. The highest BCUT2D eigenvalue weighted by Gasteiger charge is 2.35. The smallest absolute Gasteiger partial charge is 0.159 e. The van der Waals surface area contributed by atoms with Crippen molar-refractivity contribution in [2.24, 2.45) is 23.7 Å². The Morgan fingerprint density at radius 2 is 0.754 bits per heavy atom. The number of aromatic nitrogens is 4. The third kappa shape index (κ3) is 14.8. The van der Waals surface area contributed by atoms with Crippen LogP contribution < -0.4 is 0 Å². The molecular weight excluding hydrogens is 745 g/mol. The summed E-state index contributed by atoms with van der Waals surface area (Å²) in [6.45, 7) is 9.30. The molecule has 2 aromatic heterocycles. The molecule has 2 heterocycles. The number of hydrogen-bond acceptors (Lipinski definition) is 5. The van der Waals surface area contributed by atoms with Crippen LogP contribution >= 0.6 is 0 Å². The molecule has 0 aliphatic heterocycles. The van der Waals surface area contributed by atoms with Gasteiger partial charge in [0.25, 0.3) is 0 Å². The van der Waals surface area contributed by atoms with Gasteiger partial charge in [0.15, 0.2) is 11.6 Å². The number of benzene rings is 2. The first-order valence-electron chi connectivity index (χ1n) is 25.6. The molecular formula is C56H82N4O. The molecule has 5 heteroatoms. The van der Waals surface area contributed by atoms with E-state index in [0.717, 1.165) is 47.5 Å². The van der Waals surface area contributed by atoms with Crippen molar-refractivity contribution in [3.05, 3.63) is 95.6 Å². The van der Waals surface area contributed by atoms with Crippen molar-refractivity contribution in [3.8, 4) is 22.8 Å². The third-order valence-corrected chi connectivity index (χ3v) is 14.6. The summed E-state index contributed by atoms with van der Waals surface area (Å²) in [7, 11) is 0. The maximum absolute atomic E-state index is 7.65. The van der Waals surface area contributed by atoms with Crippen LogP contribution in [0.2, 0.25) is 0 Å². The Balaban J connectivity index is 1.15. The molecule has 2 fully saturated rings. The van der Waals surface area contributed by atoms with Crippen molar-refractivity contribution < 1.29 is 4.74 Å². The van der Waals surface area contributed by atoms with Gasteiger partial charge in [-0.25, -0.2) is 19.9 Å². The van der Waals surface area contributed by atoms with Gasteiger partial charge in [-0.3, -0.25) is 0 Å². The van der Waals surface area contributed by atoms with E-state index in [-0.39, 0.29) is 12.2 Å². The Kier molecular flexibility index (Phi) is 20.2. The summed E-state index contributed by atoms with van der Waals surface area (Å²) in [5, 5.41) is 0. The molecule has 0 N–H and O–H groups in total. The normalized spacial score (nSPS) is 20.4. The van der Waals surface area contributed by atoms with Crippen molar-refractivity contribution in [2.75, 3.05) is 0 Å². The van der Waals surface area contributed by atoms with Crippen LogP contribution in [0.5, 0.6) is 0 Å². The fourth-order valence-electron chi connectivity index (χ4n) is 10.4. The molecule has 2 aliphatic rings. The molecule has 2 aromatic carbocycles. The lowest BCUT2D eigenvalue weighted by Gasteiger charge is -2.40. The lowest BCUT2D eigenvalue weighted by molar-refractivity contribution is -0.0905. The van der Waals surface area contributed by atoms with E-state index in [1.54, 1.807) is 0 Å². The lowest BCUT2D eigenvalue weighted by Crippen LogP contribution is -2.28. The highest BCUT2D eigenvalue weighted by Crippen LogP contribution is 2.47. The minimum absolute atomic E-state index is 0.0536. The Labute approximate surface area is 372 Å². The molecule has 2 unspecified atom stereocenters. The number of nitrogens with zero attached hydrogens (tertiary/aromatic N) is 4. The predicted octanol–water partition coefficient (Wildman–Crippen LogP) is 16.4. The summed E-state index contributed by atoms with van der Waals surface area (Å²) in [6.07, 6.45) is 41.7. The lowest BCUT2D eigenvalue weighted by atomic mass is 9.75. The van der Waals surface area contributed by atoms with Gasteiger partial charge in [0.1, 0.15) is 0 Å². The molecule has 2 atom stereocenters. The molecule has 6 rings (SSSR count). The number of rotatable bonds is 26. The van der Waals surface area contributed by atoms with E-state index in [2.05, 4.69) is 76.2 Å². The van der Waals surface area contributed by atoms with Gasteiger partial charge < -0.3 is 4.74 Å². The first-order valence-corrected chi connectivity index (χ1v) is 25.6. The number of ether oxygens (including phenoxy) is 1. The zero-order chi connectivity index (χ0) is 42.5. The third-order valence-electron chi connectivity index (χ3n) is 14.6. The van der Waals surface area contributed by atoms with E-state index >= 15 is 0 Å². The molecule has 2 aliphatic carbocycles. The summed E-state index contributed by atoms with van der Waals surface area (Å²) in [4.78, 5) is 19.4. The van der Waals surface area contributed by atoms with Crippen molar-refractivity contribution in [1.29, 1.82) is 0 Å². The van der Waals surface area contributed by atoms with E-state index in [1.165, 1.54) is 176 Å². The molecule has 0 amide bonds. The molecule has 0 saturated heterocycles. The first kappa shape index (κ1) is 47.0. The Morgan fingerprint density at radius 1 is 0.426 bits per heavy atom. The molecule has 61 heavy (non-hydrogen) atoms. The summed E-state index contributed by atoms with van der Waals surface area (Å²) in [5.41, 5.74) is 7.25. The maximum atomic E-state index is 7.65.